The number of thiocarbonyl (C=S) groups is 1. The number of rotatable bonds is 4. The van der Waals surface area contributed by atoms with Gasteiger partial charge in [-0.05, 0) is 43.4 Å². The van der Waals surface area contributed by atoms with Crippen molar-refractivity contribution in [1.82, 2.24) is 5.32 Å². The molecule has 1 amide bonds. The number of carbonyl (C=O) groups excluding carboxylic acids is 1. The second kappa shape index (κ2) is 7.51. The molecule has 7 nitrogen and oxygen atoms in total. The Morgan fingerprint density at radius 3 is 2.62 bits per heavy atom. The zero-order valence-electron chi connectivity index (χ0n) is 13.0. The molecule has 0 bridgehead atoms. The summed E-state index contributed by atoms with van der Waals surface area (Å²) in [6.45, 7) is 1.87. The van der Waals surface area contributed by atoms with E-state index >= 15 is 0 Å². The molecule has 0 saturated heterocycles. The van der Waals surface area contributed by atoms with E-state index in [9.17, 15) is 14.9 Å². The van der Waals surface area contributed by atoms with Crippen LogP contribution in [0.3, 0.4) is 0 Å². The van der Waals surface area contributed by atoms with E-state index in [2.05, 4.69) is 10.6 Å². The molecular formula is C16H15N3O4S. The number of anilines is 1. The van der Waals surface area contributed by atoms with Gasteiger partial charge in [-0.1, -0.05) is 17.7 Å². The Kier molecular flexibility index (Phi) is 5.43. The van der Waals surface area contributed by atoms with Crippen molar-refractivity contribution < 1.29 is 14.5 Å². The summed E-state index contributed by atoms with van der Waals surface area (Å²) in [4.78, 5) is 22.7. The molecule has 0 unspecified atom stereocenters. The van der Waals surface area contributed by atoms with E-state index in [4.69, 9.17) is 17.0 Å². The number of nitro groups is 1. The van der Waals surface area contributed by atoms with Gasteiger partial charge in [0.25, 0.3) is 11.6 Å². The summed E-state index contributed by atoms with van der Waals surface area (Å²) in [6.07, 6.45) is 0. The number of nitrogens with one attached hydrogen (secondary N) is 2. The summed E-state index contributed by atoms with van der Waals surface area (Å²) in [5.74, 6) is -0.0469. The topological polar surface area (TPSA) is 93.5 Å². The van der Waals surface area contributed by atoms with Crippen molar-refractivity contribution in [1.29, 1.82) is 0 Å². The summed E-state index contributed by atoms with van der Waals surface area (Å²) in [5.41, 5.74) is 1.34. The first-order valence-corrected chi connectivity index (χ1v) is 7.33. The number of methoxy groups -OCH3 is 1. The molecule has 0 atom stereocenters. The molecule has 0 saturated carbocycles. The molecule has 24 heavy (non-hydrogen) atoms. The molecule has 0 fully saturated rings. The lowest BCUT2D eigenvalue weighted by Gasteiger charge is -2.11. The molecule has 124 valence electrons. The highest BCUT2D eigenvalue weighted by Gasteiger charge is 2.17. The molecular weight excluding hydrogens is 330 g/mol. The van der Waals surface area contributed by atoms with E-state index in [1.54, 1.807) is 24.3 Å². The van der Waals surface area contributed by atoms with Gasteiger partial charge in [-0.15, -0.1) is 0 Å². The van der Waals surface area contributed by atoms with E-state index in [1.807, 2.05) is 13.0 Å². The SMILES string of the molecule is COc1ccc(NC(=S)NC(=O)c2cccc(C)c2)c([N+](=O)[O-])c1. The van der Waals surface area contributed by atoms with Crippen molar-refractivity contribution in [2.75, 3.05) is 12.4 Å². The molecule has 0 radical (unpaired) electrons. The molecule has 0 aliphatic carbocycles. The van der Waals surface area contributed by atoms with Crippen LogP contribution in [-0.2, 0) is 0 Å². The van der Waals surface area contributed by atoms with Crippen LogP contribution in [0.2, 0.25) is 0 Å². The fourth-order valence-corrected chi connectivity index (χ4v) is 2.21. The third-order valence-electron chi connectivity index (χ3n) is 3.16. The monoisotopic (exact) mass is 345 g/mol. The Bertz CT molecular complexity index is 808. The minimum Gasteiger partial charge on any atom is -0.496 e. The van der Waals surface area contributed by atoms with Gasteiger partial charge >= 0.3 is 0 Å². The van der Waals surface area contributed by atoms with E-state index < -0.39 is 10.8 Å². The average molecular weight is 345 g/mol. The van der Waals surface area contributed by atoms with Crippen molar-refractivity contribution in [3.8, 4) is 5.75 Å². The molecule has 2 aromatic carbocycles. The zero-order valence-corrected chi connectivity index (χ0v) is 13.8. The van der Waals surface area contributed by atoms with Crippen LogP contribution < -0.4 is 15.4 Å². The number of aryl methyl sites for hydroxylation is 1. The van der Waals surface area contributed by atoms with Crippen LogP contribution in [-0.4, -0.2) is 23.1 Å². The molecule has 0 aromatic heterocycles. The lowest BCUT2D eigenvalue weighted by Crippen LogP contribution is -2.34. The van der Waals surface area contributed by atoms with Gasteiger partial charge in [-0.2, -0.15) is 0 Å². The standard InChI is InChI=1S/C16H15N3O4S/c1-10-4-3-5-11(8-10)15(20)18-16(24)17-13-7-6-12(23-2)9-14(13)19(21)22/h3-9H,1-2H3,(H2,17,18,20,24). The first-order valence-electron chi connectivity index (χ1n) is 6.92. The van der Waals surface area contributed by atoms with Crippen LogP contribution in [0.15, 0.2) is 42.5 Å². The van der Waals surface area contributed by atoms with E-state index in [0.717, 1.165) is 5.56 Å². The normalized spacial score (nSPS) is 9.92. The highest BCUT2D eigenvalue weighted by atomic mass is 32.1. The van der Waals surface area contributed by atoms with E-state index in [-0.39, 0.29) is 16.5 Å². The molecule has 2 rings (SSSR count). The third kappa shape index (κ3) is 4.26. The summed E-state index contributed by atoms with van der Waals surface area (Å²) in [6, 6.07) is 11.3. The van der Waals surface area contributed by atoms with Crippen molar-refractivity contribution in [3.63, 3.8) is 0 Å². The third-order valence-corrected chi connectivity index (χ3v) is 3.36. The van der Waals surface area contributed by atoms with Gasteiger partial charge in [0.2, 0.25) is 0 Å². The Morgan fingerprint density at radius 2 is 2.00 bits per heavy atom. The highest BCUT2D eigenvalue weighted by Crippen LogP contribution is 2.28. The predicted octanol–water partition coefficient (Wildman–Crippen LogP) is 3.04. The minimum atomic E-state index is -0.560. The lowest BCUT2D eigenvalue weighted by molar-refractivity contribution is -0.384. The molecule has 0 heterocycles. The molecule has 0 spiro atoms. The minimum absolute atomic E-state index is 0.0326. The number of nitrogens with zero attached hydrogens (tertiary/aromatic N) is 1. The number of ether oxygens (including phenoxy) is 1. The summed E-state index contributed by atoms with van der Waals surface area (Å²) >= 11 is 5.06. The van der Waals surface area contributed by atoms with Gasteiger partial charge < -0.3 is 10.1 Å². The summed E-state index contributed by atoms with van der Waals surface area (Å²) in [7, 11) is 1.42. The number of hydrogen-bond donors (Lipinski definition) is 2. The maximum atomic E-state index is 12.1. The Hall–Kier alpha value is -3.00. The maximum Gasteiger partial charge on any atom is 0.296 e. The van der Waals surface area contributed by atoms with Crippen LogP contribution in [0, 0.1) is 17.0 Å². The lowest BCUT2D eigenvalue weighted by atomic mass is 10.1. The molecule has 0 aliphatic rings. The highest BCUT2D eigenvalue weighted by molar-refractivity contribution is 7.80. The van der Waals surface area contributed by atoms with Gasteiger partial charge in [-0.25, -0.2) is 0 Å². The van der Waals surface area contributed by atoms with Gasteiger partial charge in [0.1, 0.15) is 11.4 Å². The zero-order chi connectivity index (χ0) is 17.7. The molecule has 8 heteroatoms. The van der Waals surface area contributed by atoms with Crippen LogP contribution in [0.4, 0.5) is 11.4 Å². The quantitative estimate of drug-likeness (QED) is 0.502. The maximum absolute atomic E-state index is 12.1. The number of carbonyl (C=O) groups is 1. The fourth-order valence-electron chi connectivity index (χ4n) is 2.01. The number of hydrogen-bond acceptors (Lipinski definition) is 5. The van der Waals surface area contributed by atoms with E-state index in [0.29, 0.717) is 11.3 Å². The van der Waals surface area contributed by atoms with Gasteiger partial charge in [0, 0.05) is 5.56 Å². The average Bonchev–Trinajstić information content (AvgIpc) is 2.54. The molecule has 0 aliphatic heterocycles. The first kappa shape index (κ1) is 17.4. The number of benzene rings is 2. The second-order valence-electron chi connectivity index (χ2n) is 4.92. The number of amides is 1. The van der Waals surface area contributed by atoms with E-state index in [1.165, 1.54) is 19.2 Å². The fraction of sp³-hybridized carbons (Fsp3) is 0.125. The van der Waals surface area contributed by atoms with Gasteiger partial charge in [0.05, 0.1) is 18.1 Å². The number of nitro benzene ring substituents is 1. The summed E-state index contributed by atoms with van der Waals surface area (Å²) < 4.78 is 4.96. The smallest absolute Gasteiger partial charge is 0.296 e. The van der Waals surface area contributed by atoms with Crippen LogP contribution in [0.5, 0.6) is 5.75 Å². The largest absolute Gasteiger partial charge is 0.496 e. The molecule has 2 aromatic rings. The molecule has 2 N–H and O–H groups in total. The van der Waals surface area contributed by atoms with Crippen LogP contribution >= 0.6 is 12.2 Å². The van der Waals surface area contributed by atoms with Crippen LogP contribution in [0.25, 0.3) is 0 Å². The Balaban J connectivity index is 2.12. The summed E-state index contributed by atoms with van der Waals surface area (Å²) in [5, 5.41) is 16.3. The Morgan fingerprint density at radius 1 is 1.25 bits per heavy atom. The second-order valence-corrected chi connectivity index (χ2v) is 5.33. The van der Waals surface area contributed by atoms with Crippen molar-refractivity contribution in [3.05, 3.63) is 63.7 Å². The van der Waals surface area contributed by atoms with Crippen molar-refractivity contribution >= 4 is 34.6 Å². The van der Waals surface area contributed by atoms with Gasteiger partial charge in [0.15, 0.2) is 5.11 Å². The van der Waals surface area contributed by atoms with Gasteiger partial charge in [-0.3, -0.25) is 20.2 Å². The predicted molar refractivity (Wildman–Crippen MR) is 94.5 cm³/mol. The van der Waals surface area contributed by atoms with Crippen LogP contribution in [0.1, 0.15) is 15.9 Å². The first-order chi connectivity index (χ1) is 11.4. The van der Waals surface area contributed by atoms with Crippen molar-refractivity contribution in [2.45, 2.75) is 6.92 Å². The van der Waals surface area contributed by atoms with Crippen molar-refractivity contribution in [2.24, 2.45) is 0 Å². The Labute approximate surface area is 143 Å².